The van der Waals surface area contributed by atoms with Gasteiger partial charge in [0.1, 0.15) is 0 Å². The first kappa shape index (κ1) is 20.4. The predicted octanol–water partition coefficient (Wildman–Crippen LogP) is 2.98. The molecule has 2 heterocycles. The van der Waals surface area contributed by atoms with Gasteiger partial charge in [-0.3, -0.25) is 9.59 Å². The number of amides is 2. The molecule has 3 aliphatic rings. The van der Waals surface area contributed by atoms with Crippen LogP contribution >= 0.6 is 0 Å². The molecule has 0 spiro atoms. The number of hydrogen-bond acceptors (Lipinski definition) is 5. The first-order valence-corrected chi connectivity index (χ1v) is 11.3. The summed E-state index contributed by atoms with van der Waals surface area (Å²) in [7, 11) is 0. The van der Waals surface area contributed by atoms with Gasteiger partial charge in [-0.15, -0.1) is 0 Å². The first-order chi connectivity index (χ1) is 13.9. The van der Waals surface area contributed by atoms with E-state index in [0.29, 0.717) is 37.1 Å². The highest BCUT2D eigenvalue weighted by Gasteiger charge is 2.58. The minimum Gasteiger partial charge on any atom is -0.353 e. The summed E-state index contributed by atoms with van der Waals surface area (Å²) in [6.45, 7) is 7.00. The standard InChI is InChI=1S/C22H34N4O3/c1-14(2)20(28)26-12-17-10-18(24-19(27)9-16-7-5-4-6-8-16)11-22(17,13-26)21-23-15(3)25-29-21/h14,16-18H,4-13H2,1-3H3,(H,24,27). The molecule has 7 nitrogen and oxygen atoms in total. The van der Waals surface area contributed by atoms with Crippen LogP contribution in [-0.2, 0) is 15.0 Å². The zero-order valence-corrected chi connectivity index (χ0v) is 17.9. The molecule has 3 fully saturated rings. The number of nitrogens with one attached hydrogen (secondary N) is 1. The molecule has 1 aromatic heterocycles. The third kappa shape index (κ3) is 4.05. The highest BCUT2D eigenvalue weighted by atomic mass is 16.5. The van der Waals surface area contributed by atoms with Crippen molar-refractivity contribution >= 4 is 11.8 Å². The molecule has 2 amide bonds. The van der Waals surface area contributed by atoms with E-state index in [4.69, 9.17) is 4.52 Å². The van der Waals surface area contributed by atoms with E-state index in [2.05, 4.69) is 15.5 Å². The maximum atomic E-state index is 12.7. The van der Waals surface area contributed by atoms with Gasteiger partial charge in [-0.05, 0) is 44.4 Å². The van der Waals surface area contributed by atoms with Gasteiger partial charge in [0.25, 0.3) is 0 Å². The van der Waals surface area contributed by atoms with Crippen LogP contribution in [0, 0.1) is 24.7 Å². The summed E-state index contributed by atoms with van der Waals surface area (Å²) < 4.78 is 5.60. The largest absolute Gasteiger partial charge is 0.353 e. The Labute approximate surface area is 173 Å². The van der Waals surface area contributed by atoms with E-state index in [1.54, 1.807) is 0 Å². The number of aromatic nitrogens is 2. The Morgan fingerprint density at radius 1 is 1.28 bits per heavy atom. The second-order valence-corrected chi connectivity index (χ2v) is 9.79. The molecule has 7 heteroatoms. The van der Waals surface area contributed by atoms with Crippen LogP contribution in [0.1, 0.15) is 76.9 Å². The lowest BCUT2D eigenvalue weighted by Gasteiger charge is -2.26. The number of hydrogen-bond donors (Lipinski definition) is 1. The molecule has 3 atom stereocenters. The summed E-state index contributed by atoms with van der Waals surface area (Å²) in [4.78, 5) is 31.8. The lowest BCUT2D eigenvalue weighted by atomic mass is 9.80. The van der Waals surface area contributed by atoms with Gasteiger partial charge < -0.3 is 14.7 Å². The van der Waals surface area contributed by atoms with Crippen LogP contribution in [0.5, 0.6) is 0 Å². The number of likely N-dealkylation sites (tertiary alicyclic amines) is 1. The van der Waals surface area contributed by atoms with Crippen molar-refractivity contribution in [1.29, 1.82) is 0 Å². The topological polar surface area (TPSA) is 88.3 Å². The molecule has 4 rings (SSSR count). The van der Waals surface area contributed by atoms with Gasteiger partial charge in [-0.1, -0.05) is 38.3 Å². The molecule has 29 heavy (non-hydrogen) atoms. The van der Waals surface area contributed by atoms with Crippen molar-refractivity contribution in [2.24, 2.45) is 17.8 Å². The van der Waals surface area contributed by atoms with Gasteiger partial charge in [0, 0.05) is 31.5 Å². The van der Waals surface area contributed by atoms with Crippen molar-refractivity contribution in [2.45, 2.75) is 83.6 Å². The molecular formula is C22H34N4O3. The number of rotatable bonds is 5. The minimum absolute atomic E-state index is 0.0266. The minimum atomic E-state index is -0.339. The molecular weight excluding hydrogens is 368 g/mol. The smallest absolute Gasteiger partial charge is 0.235 e. The fourth-order valence-corrected chi connectivity index (χ4v) is 5.78. The second kappa shape index (κ2) is 8.07. The van der Waals surface area contributed by atoms with Crippen LogP contribution in [0.25, 0.3) is 0 Å². The summed E-state index contributed by atoms with van der Waals surface area (Å²) in [6, 6.07) is 0.111. The van der Waals surface area contributed by atoms with Gasteiger partial charge in [0.15, 0.2) is 5.82 Å². The lowest BCUT2D eigenvalue weighted by Crippen LogP contribution is -2.40. The molecule has 0 aromatic carbocycles. The Balaban J connectivity index is 1.45. The Morgan fingerprint density at radius 3 is 2.69 bits per heavy atom. The average Bonchev–Trinajstić information content (AvgIpc) is 3.34. The van der Waals surface area contributed by atoms with Crippen LogP contribution < -0.4 is 5.32 Å². The highest BCUT2D eigenvalue weighted by Crippen LogP contribution is 2.50. The molecule has 2 saturated carbocycles. The number of carbonyl (C=O) groups excluding carboxylic acids is 2. The van der Waals surface area contributed by atoms with Crippen LogP contribution in [0.2, 0.25) is 0 Å². The summed E-state index contributed by atoms with van der Waals surface area (Å²) in [5.74, 6) is 2.35. The maximum Gasteiger partial charge on any atom is 0.235 e. The second-order valence-electron chi connectivity index (χ2n) is 9.79. The molecule has 3 unspecified atom stereocenters. The molecule has 160 valence electrons. The van der Waals surface area contributed by atoms with Gasteiger partial charge in [-0.2, -0.15) is 4.98 Å². The molecule has 0 bridgehead atoms. The van der Waals surface area contributed by atoms with Gasteiger partial charge in [0.2, 0.25) is 17.7 Å². The third-order valence-corrected chi connectivity index (χ3v) is 7.20. The number of nitrogens with zero attached hydrogens (tertiary/aromatic N) is 3. The summed E-state index contributed by atoms with van der Waals surface area (Å²) in [6.07, 6.45) is 8.44. The molecule has 1 aliphatic heterocycles. The van der Waals surface area contributed by atoms with Crippen LogP contribution in [0.3, 0.4) is 0 Å². The predicted molar refractivity (Wildman–Crippen MR) is 108 cm³/mol. The monoisotopic (exact) mass is 402 g/mol. The quantitative estimate of drug-likeness (QED) is 0.818. The number of carbonyl (C=O) groups is 2. The van der Waals surface area contributed by atoms with E-state index >= 15 is 0 Å². The Kier molecular flexibility index (Phi) is 5.67. The molecule has 1 aromatic rings. The Bertz CT molecular complexity index is 755. The third-order valence-electron chi connectivity index (χ3n) is 7.20. The van der Waals surface area contributed by atoms with Crippen molar-refractivity contribution in [3.8, 4) is 0 Å². The normalized spacial score (nSPS) is 30.0. The zero-order valence-electron chi connectivity index (χ0n) is 17.9. The number of aryl methyl sites for hydroxylation is 1. The SMILES string of the molecule is Cc1noc(C23CC(NC(=O)CC4CCCCC4)CC2CN(C(=O)C(C)C)C3)n1. The average molecular weight is 403 g/mol. The van der Waals surface area contributed by atoms with E-state index in [-0.39, 0.29) is 35.1 Å². The maximum absolute atomic E-state index is 12.7. The number of fused-ring (bicyclic) bond motifs is 1. The molecule has 2 aliphatic carbocycles. The van der Waals surface area contributed by atoms with E-state index in [9.17, 15) is 9.59 Å². The van der Waals surface area contributed by atoms with E-state index in [1.807, 2.05) is 25.7 Å². The van der Waals surface area contributed by atoms with Crippen molar-refractivity contribution in [2.75, 3.05) is 13.1 Å². The summed E-state index contributed by atoms with van der Waals surface area (Å²) in [5.41, 5.74) is -0.339. The van der Waals surface area contributed by atoms with Gasteiger partial charge >= 0.3 is 0 Å². The Morgan fingerprint density at radius 2 is 2.03 bits per heavy atom. The van der Waals surface area contributed by atoms with Crippen LogP contribution in [0.15, 0.2) is 4.52 Å². The zero-order chi connectivity index (χ0) is 20.6. The van der Waals surface area contributed by atoms with Crippen molar-refractivity contribution in [3.05, 3.63) is 11.7 Å². The molecule has 0 radical (unpaired) electrons. The van der Waals surface area contributed by atoms with Crippen molar-refractivity contribution in [3.63, 3.8) is 0 Å². The lowest BCUT2D eigenvalue weighted by molar-refractivity contribution is -0.134. The van der Waals surface area contributed by atoms with E-state index in [0.717, 1.165) is 12.8 Å². The van der Waals surface area contributed by atoms with Crippen LogP contribution in [0.4, 0.5) is 0 Å². The fourth-order valence-electron chi connectivity index (χ4n) is 5.78. The van der Waals surface area contributed by atoms with E-state index in [1.165, 1.54) is 32.1 Å². The molecule has 1 saturated heterocycles. The first-order valence-electron chi connectivity index (χ1n) is 11.3. The van der Waals surface area contributed by atoms with Crippen LogP contribution in [-0.4, -0.2) is 46.0 Å². The Hall–Kier alpha value is -1.92. The van der Waals surface area contributed by atoms with Crippen molar-refractivity contribution in [1.82, 2.24) is 20.4 Å². The van der Waals surface area contributed by atoms with Gasteiger partial charge in [0.05, 0.1) is 5.41 Å². The van der Waals surface area contributed by atoms with E-state index < -0.39 is 0 Å². The summed E-state index contributed by atoms with van der Waals surface area (Å²) in [5, 5.41) is 7.30. The van der Waals surface area contributed by atoms with Gasteiger partial charge in [-0.25, -0.2) is 0 Å². The highest BCUT2D eigenvalue weighted by molar-refractivity contribution is 5.79. The fraction of sp³-hybridized carbons (Fsp3) is 0.818. The summed E-state index contributed by atoms with van der Waals surface area (Å²) >= 11 is 0. The van der Waals surface area contributed by atoms with Crippen molar-refractivity contribution < 1.29 is 14.1 Å². The molecule has 1 N–H and O–H groups in total.